The first-order valence-corrected chi connectivity index (χ1v) is 11.6. The third-order valence-electron chi connectivity index (χ3n) is 4.83. The van der Waals surface area contributed by atoms with Crippen molar-refractivity contribution in [2.24, 2.45) is 0 Å². The molecule has 30 heavy (non-hydrogen) atoms. The van der Waals surface area contributed by atoms with Crippen molar-refractivity contribution in [3.63, 3.8) is 0 Å². The van der Waals surface area contributed by atoms with Crippen LogP contribution in [0.5, 0.6) is 0 Å². The number of unbranched alkanes of at least 4 members (excludes halogenated alkanes) is 3. The molecule has 0 atom stereocenters. The Balaban J connectivity index is 2.25. The van der Waals surface area contributed by atoms with Crippen LogP contribution in [-0.2, 0) is 11.3 Å². The summed E-state index contributed by atoms with van der Waals surface area (Å²) in [4.78, 5) is 42.8. The number of hydrogen-bond donors (Lipinski definition) is 2. The van der Waals surface area contributed by atoms with Gasteiger partial charge in [-0.25, -0.2) is 4.79 Å². The molecule has 1 aromatic carbocycles. The largest absolute Gasteiger partial charge is 0.383 e. The highest BCUT2D eigenvalue weighted by Crippen LogP contribution is 2.22. The molecule has 2 aromatic rings. The van der Waals surface area contributed by atoms with Crippen molar-refractivity contribution in [3.8, 4) is 0 Å². The maximum absolute atomic E-state index is 13.1. The number of nitrogen functional groups attached to an aromatic ring is 1. The van der Waals surface area contributed by atoms with Gasteiger partial charge in [0.05, 0.1) is 0 Å². The van der Waals surface area contributed by atoms with E-state index in [1.165, 1.54) is 9.47 Å². The maximum atomic E-state index is 13.1. The Hall–Kier alpha value is -2.48. The molecule has 0 saturated heterocycles. The second-order valence-electron chi connectivity index (χ2n) is 7.16. The minimum atomic E-state index is -0.606. The molecule has 1 aromatic heterocycles. The SMILES string of the molecule is CCCCCN(C(=O)CCSc1ccccc1)c1c(N)n(CCCC)c(=O)[nH]c1=O. The van der Waals surface area contributed by atoms with Crippen molar-refractivity contribution >= 4 is 29.2 Å². The lowest BCUT2D eigenvalue weighted by atomic mass is 10.2. The number of nitrogens with one attached hydrogen (secondary N) is 1. The first-order chi connectivity index (χ1) is 14.5. The lowest BCUT2D eigenvalue weighted by Gasteiger charge is -2.24. The number of rotatable bonds is 12. The summed E-state index contributed by atoms with van der Waals surface area (Å²) in [5.41, 5.74) is 5.19. The molecule has 0 aliphatic heterocycles. The molecule has 0 aliphatic rings. The number of carbonyl (C=O) groups is 1. The minimum Gasteiger partial charge on any atom is -0.383 e. The number of hydrogen-bond acceptors (Lipinski definition) is 5. The number of thioether (sulfide) groups is 1. The lowest BCUT2D eigenvalue weighted by molar-refractivity contribution is -0.118. The topological polar surface area (TPSA) is 101 Å². The Morgan fingerprint density at radius 1 is 1.10 bits per heavy atom. The molecular weight excluding hydrogens is 400 g/mol. The van der Waals surface area contributed by atoms with Gasteiger partial charge in [-0.15, -0.1) is 11.8 Å². The first-order valence-electron chi connectivity index (χ1n) is 10.6. The van der Waals surface area contributed by atoms with Crippen LogP contribution < -0.4 is 21.9 Å². The molecule has 7 nitrogen and oxygen atoms in total. The van der Waals surface area contributed by atoms with Gasteiger partial charge in [-0.05, 0) is 25.0 Å². The van der Waals surface area contributed by atoms with E-state index in [-0.39, 0.29) is 23.8 Å². The van der Waals surface area contributed by atoms with E-state index in [1.54, 1.807) is 11.8 Å². The molecular formula is C22H32N4O3S. The second kappa shape index (κ2) is 12.3. The molecule has 1 amide bonds. The predicted octanol–water partition coefficient (Wildman–Crippen LogP) is 3.62. The number of nitrogens with zero attached hydrogens (tertiary/aromatic N) is 2. The Morgan fingerprint density at radius 3 is 2.47 bits per heavy atom. The molecule has 0 bridgehead atoms. The van der Waals surface area contributed by atoms with E-state index in [1.807, 2.05) is 37.3 Å². The van der Waals surface area contributed by atoms with Crippen LogP contribution in [0.25, 0.3) is 0 Å². The van der Waals surface area contributed by atoms with Crippen molar-refractivity contribution in [1.29, 1.82) is 0 Å². The minimum absolute atomic E-state index is 0.0674. The molecule has 0 fully saturated rings. The summed E-state index contributed by atoms with van der Waals surface area (Å²) < 4.78 is 1.36. The smallest absolute Gasteiger partial charge is 0.330 e. The van der Waals surface area contributed by atoms with Crippen LogP contribution in [-0.4, -0.2) is 27.8 Å². The molecule has 0 aliphatic carbocycles. The van der Waals surface area contributed by atoms with Gasteiger partial charge in [0.2, 0.25) is 5.91 Å². The van der Waals surface area contributed by atoms with Gasteiger partial charge >= 0.3 is 5.69 Å². The summed E-state index contributed by atoms with van der Waals surface area (Å²) in [6.45, 7) is 4.90. The number of carbonyl (C=O) groups excluding carboxylic acids is 1. The lowest BCUT2D eigenvalue weighted by Crippen LogP contribution is -2.41. The van der Waals surface area contributed by atoms with Crippen LogP contribution in [0, 0.1) is 0 Å². The summed E-state index contributed by atoms with van der Waals surface area (Å²) in [5, 5.41) is 0. The quantitative estimate of drug-likeness (QED) is 0.394. The number of nitrogens with two attached hydrogens (primary N) is 1. The van der Waals surface area contributed by atoms with Crippen LogP contribution >= 0.6 is 11.8 Å². The third-order valence-corrected chi connectivity index (χ3v) is 5.85. The summed E-state index contributed by atoms with van der Waals surface area (Å²) >= 11 is 1.59. The van der Waals surface area contributed by atoms with E-state index in [0.717, 1.165) is 37.0 Å². The van der Waals surface area contributed by atoms with Crippen molar-refractivity contribution < 1.29 is 4.79 Å². The van der Waals surface area contributed by atoms with Gasteiger partial charge in [-0.3, -0.25) is 19.1 Å². The predicted molar refractivity (Wildman–Crippen MR) is 124 cm³/mol. The standard InChI is InChI=1S/C22H32N4O3S/c1-3-5-10-15-25(18(27)13-16-30-17-11-8-7-9-12-17)19-20(23)26(14-6-4-2)22(29)24-21(19)28/h7-9,11-12H,3-6,10,13-16,23H2,1-2H3,(H,24,28,29). The van der Waals surface area contributed by atoms with Crippen LogP contribution in [0.2, 0.25) is 0 Å². The average Bonchev–Trinajstić information content (AvgIpc) is 2.73. The zero-order chi connectivity index (χ0) is 21.9. The van der Waals surface area contributed by atoms with Crippen molar-refractivity contribution in [2.75, 3.05) is 22.9 Å². The monoisotopic (exact) mass is 432 g/mol. The first kappa shape index (κ1) is 23.8. The van der Waals surface area contributed by atoms with E-state index < -0.39 is 11.2 Å². The summed E-state index contributed by atoms with van der Waals surface area (Å²) in [5.74, 6) is 0.505. The molecule has 0 radical (unpaired) electrons. The highest BCUT2D eigenvalue weighted by molar-refractivity contribution is 7.99. The number of H-pyrrole nitrogens is 1. The van der Waals surface area contributed by atoms with Crippen molar-refractivity contribution in [3.05, 3.63) is 51.2 Å². The van der Waals surface area contributed by atoms with E-state index in [4.69, 9.17) is 5.73 Å². The van der Waals surface area contributed by atoms with Crippen molar-refractivity contribution in [2.45, 2.75) is 63.8 Å². The average molecular weight is 433 g/mol. The Morgan fingerprint density at radius 2 is 1.80 bits per heavy atom. The molecule has 0 unspecified atom stereocenters. The fourth-order valence-corrected chi connectivity index (χ4v) is 4.03. The van der Waals surface area contributed by atoms with E-state index in [2.05, 4.69) is 11.9 Å². The number of anilines is 2. The Labute approximate surface area is 181 Å². The molecule has 1 heterocycles. The molecule has 2 rings (SSSR count). The zero-order valence-corrected chi connectivity index (χ0v) is 18.7. The van der Waals surface area contributed by atoms with Gasteiger partial charge in [0.25, 0.3) is 5.56 Å². The van der Waals surface area contributed by atoms with E-state index in [9.17, 15) is 14.4 Å². The third kappa shape index (κ3) is 6.52. The van der Waals surface area contributed by atoms with Crippen LogP contribution in [0.15, 0.2) is 44.8 Å². The van der Waals surface area contributed by atoms with Gasteiger partial charge in [0.15, 0.2) is 5.69 Å². The number of aromatic nitrogens is 2. The fourth-order valence-electron chi connectivity index (χ4n) is 3.17. The van der Waals surface area contributed by atoms with Crippen LogP contribution in [0.1, 0.15) is 52.4 Å². The van der Waals surface area contributed by atoms with Crippen LogP contribution in [0.3, 0.4) is 0 Å². The zero-order valence-electron chi connectivity index (χ0n) is 17.9. The Kier molecular flexibility index (Phi) is 9.73. The fraction of sp³-hybridized carbons (Fsp3) is 0.500. The molecule has 0 spiro atoms. The Bertz CT molecular complexity index is 924. The van der Waals surface area contributed by atoms with Gasteiger partial charge < -0.3 is 10.6 Å². The summed E-state index contributed by atoms with van der Waals surface area (Å²) in [6, 6.07) is 9.87. The number of amides is 1. The van der Waals surface area contributed by atoms with Gasteiger partial charge in [0, 0.05) is 30.2 Å². The normalized spacial score (nSPS) is 10.9. The number of aromatic amines is 1. The van der Waals surface area contributed by atoms with Crippen molar-refractivity contribution in [1.82, 2.24) is 9.55 Å². The van der Waals surface area contributed by atoms with Crippen LogP contribution in [0.4, 0.5) is 11.5 Å². The van der Waals surface area contributed by atoms with E-state index >= 15 is 0 Å². The highest BCUT2D eigenvalue weighted by Gasteiger charge is 2.23. The highest BCUT2D eigenvalue weighted by atomic mass is 32.2. The molecule has 8 heteroatoms. The molecule has 164 valence electrons. The summed E-state index contributed by atoms with van der Waals surface area (Å²) in [6.07, 6.45) is 4.62. The second-order valence-corrected chi connectivity index (χ2v) is 8.33. The summed E-state index contributed by atoms with van der Waals surface area (Å²) in [7, 11) is 0. The molecule has 0 saturated carbocycles. The van der Waals surface area contributed by atoms with Gasteiger partial charge in [-0.2, -0.15) is 0 Å². The molecule has 3 N–H and O–H groups in total. The maximum Gasteiger partial charge on any atom is 0.330 e. The van der Waals surface area contributed by atoms with Gasteiger partial charge in [0.1, 0.15) is 5.82 Å². The van der Waals surface area contributed by atoms with Gasteiger partial charge in [-0.1, -0.05) is 51.3 Å². The number of benzene rings is 1. The van der Waals surface area contributed by atoms with E-state index in [0.29, 0.717) is 18.8 Å².